The van der Waals surface area contributed by atoms with Crippen LogP contribution in [-0.4, -0.2) is 26.7 Å². The first-order valence-corrected chi connectivity index (χ1v) is 10.8. The first-order valence-electron chi connectivity index (χ1n) is 9.03. The Balaban J connectivity index is 1.37. The number of aromatic nitrogens is 3. The van der Waals surface area contributed by atoms with E-state index in [1.165, 1.54) is 28.7 Å². The van der Waals surface area contributed by atoms with Crippen molar-refractivity contribution in [3.63, 3.8) is 0 Å². The van der Waals surface area contributed by atoms with Crippen LogP contribution in [-0.2, 0) is 0 Å². The maximum absolute atomic E-state index is 12.6. The fraction of sp³-hybridized carbons (Fsp3) is 0.190. The number of Topliss-reactive ketones (excluding diaryl/α,β-unsaturated/α-hetero) is 1. The summed E-state index contributed by atoms with van der Waals surface area (Å²) in [4.78, 5) is 15.7. The van der Waals surface area contributed by atoms with Crippen molar-refractivity contribution < 1.29 is 4.79 Å². The van der Waals surface area contributed by atoms with E-state index in [1.807, 2.05) is 36.4 Å². The second-order valence-electron chi connectivity index (χ2n) is 6.73. The molecule has 0 amide bonds. The number of H-pyrrole nitrogens is 1. The molecule has 28 heavy (non-hydrogen) atoms. The van der Waals surface area contributed by atoms with Crippen molar-refractivity contribution >= 4 is 50.6 Å². The van der Waals surface area contributed by atoms with E-state index >= 15 is 0 Å². The fourth-order valence-corrected chi connectivity index (χ4v) is 4.56. The smallest absolute Gasteiger partial charge is 0.210 e. The van der Waals surface area contributed by atoms with Crippen LogP contribution in [0, 0.1) is 0 Å². The minimum atomic E-state index is 0.0800. The molecule has 2 heterocycles. The molecule has 0 radical (unpaired) electrons. The van der Waals surface area contributed by atoms with Crippen molar-refractivity contribution in [2.75, 3.05) is 11.1 Å². The molecule has 2 aromatic heterocycles. The van der Waals surface area contributed by atoms with Crippen molar-refractivity contribution in [1.29, 1.82) is 0 Å². The molecule has 142 valence electrons. The number of rotatable bonds is 7. The Morgan fingerprint density at radius 2 is 1.93 bits per heavy atom. The van der Waals surface area contributed by atoms with Crippen molar-refractivity contribution in [1.82, 2.24) is 15.2 Å². The van der Waals surface area contributed by atoms with E-state index in [9.17, 15) is 4.79 Å². The van der Waals surface area contributed by atoms with Gasteiger partial charge < -0.3 is 10.3 Å². The molecule has 0 aliphatic rings. The Morgan fingerprint density at radius 3 is 2.71 bits per heavy atom. The number of aromatic amines is 1. The van der Waals surface area contributed by atoms with E-state index in [2.05, 4.69) is 46.5 Å². The quantitative estimate of drug-likeness (QED) is 0.296. The van der Waals surface area contributed by atoms with E-state index in [0.29, 0.717) is 11.7 Å². The lowest BCUT2D eigenvalue weighted by Gasteiger charge is -2.06. The zero-order valence-corrected chi connectivity index (χ0v) is 17.2. The molecule has 2 N–H and O–H groups in total. The molecule has 0 saturated heterocycles. The third kappa shape index (κ3) is 4.10. The summed E-state index contributed by atoms with van der Waals surface area (Å²) in [5, 5.41) is 13.3. The number of hydrogen-bond donors (Lipinski definition) is 2. The Kier molecular flexibility index (Phi) is 5.45. The number of carbonyl (C=O) groups excluding carboxylic acids is 1. The van der Waals surface area contributed by atoms with Crippen LogP contribution in [0.25, 0.3) is 10.9 Å². The van der Waals surface area contributed by atoms with Crippen molar-refractivity contribution in [2.24, 2.45) is 0 Å². The van der Waals surface area contributed by atoms with Gasteiger partial charge in [-0.1, -0.05) is 67.3 Å². The average molecular weight is 409 g/mol. The van der Waals surface area contributed by atoms with Gasteiger partial charge in [-0.15, -0.1) is 10.2 Å². The highest BCUT2D eigenvalue weighted by Crippen LogP contribution is 2.29. The molecule has 5 nitrogen and oxygen atoms in total. The molecule has 0 fully saturated rings. The van der Waals surface area contributed by atoms with Crippen LogP contribution >= 0.6 is 23.1 Å². The highest BCUT2D eigenvalue weighted by Gasteiger charge is 2.14. The monoisotopic (exact) mass is 408 g/mol. The zero-order chi connectivity index (χ0) is 19.5. The molecule has 0 bridgehead atoms. The summed E-state index contributed by atoms with van der Waals surface area (Å²) < 4.78 is 0.773. The van der Waals surface area contributed by atoms with Gasteiger partial charge in [0.2, 0.25) is 5.13 Å². The predicted molar refractivity (Wildman–Crippen MR) is 117 cm³/mol. The Morgan fingerprint density at radius 1 is 1.14 bits per heavy atom. The van der Waals surface area contributed by atoms with Gasteiger partial charge in [0.15, 0.2) is 10.1 Å². The third-order valence-electron chi connectivity index (χ3n) is 4.45. The van der Waals surface area contributed by atoms with E-state index in [1.54, 1.807) is 6.20 Å². The lowest BCUT2D eigenvalue weighted by atomic mass is 10.0. The zero-order valence-electron chi connectivity index (χ0n) is 15.6. The van der Waals surface area contributed by atoms with Gasteiger partial charge in [0, 0.05) is 28.4 Å². The number of para-hydroxylation sites is 1. The number of hydrogen-bond acceptors (Lipinski definition) is 6. The second kappa shape index (κ2) is 8.16. The largest absolute Gasteiger partial charge is 0.360 e. The van der Waals surface area contributed by atoms with Gasteiger partial charge in [-0.05, 0) is 29.7 Å². The summed E-state index contributed by atoms with van der Waals surface area (Å²) >= 11 is 2.87. The van der Waals surface area contributed by atoms with Crippen molar-refractivity contribution in [3.8, 4) is 0 Å². The summed E-state index contributed by atoms with van der Waals surface area (Å²) in [5.74, 6) is 0.921. The van der Waals surface area contributed by atoms with Gasteiger partial charge in [-0.25, -0.2) is 0 Å². The standard InChI is InChI=1S/C21H20N4OS2/c1-13(2)14-7-9-15(10-8-14)23-20-24-25-21(28-20)27-12-19(26)17-11-22-18-6-4-3-5-16(17)18/h3-11,13,22H,12H2,1-2H3,(H,23,24). The number of fused-ring (bicyclic) bond motifs is 1. The highest BCUT2D eigenvalue weighted by atomic mass is 32.2. The molecule has 0 atom stereocenters. The predicted octanol–water partition coefficient (Wildman–Crippen LogP) is 5.86. The minimum absolute atomic E-state index is 0.0800. The summed E-state index contributed by atoms with van der Waals surface area (Å²) in [6.45, 7) is 4.35. The van der Waals surface area contributed by atoms with Crippen LogP contribution in [0.15, 0.2) is 59.1 Å². The lowest BCUT2D eigenvalue weighted by molar-refractivity contribution is 0.102. The molecule has 4 rings (SSSR count). The molecule has 0 spiro atoms. The van der Waals surface area contributed by atoms with Gasteiger partial charge in [0.25, 0.3) is 0 Å². The van der Waals surface area contributed by atoms with Crippen LogP contribution in [0.5, 0.6) is 0 Å². The van der Waals surface area contributed by atoms with E-state index in [0.717, 1.165) is 31.6 Å². The van der Waals surface area contributed by atoms with Crippen LogP contribution in [0.4, 0.5) is 10.8 Å². The van der Waals surface area contributed by atoms with E-state index in [4.69, 9.17) is 0 Å². The number of thioether (sulfide) groups is 1. The molecule has 4 aromatic rings. The van der Waals surface area contributed by atoms with Gasteiger partial charge in [-0.2, -0.15) is 0 Å². The van der Waals surface area contributed by atoms with Crippen LogP contribution in [0.1, 0.15) is 35.7 Å². The van der Waals surface area contributed by atoms with Crippen LogP contribution < -0.4 is 5.32 Å². The lowest BCUT2D eigenvalue weighted by Crippen LogP contribution is -2.01. The topological polar surface area (TPSA) is 70.7 Å². The van der Waals surface area contributed by atoms with Crippen LogP contribution in [0.2, 0.25) is 0 Å². The first-order chi connectivity index (χ1) is 13.6. The van der Waals surface area contributed by atoms with E-state index < -0.39 is 0 Å². The number of carbonyl (C=O) groups is 1. The molecular weight excluding hydrogens is 388 g/mol. The molecule has 0 unspecified atom stereocenters. The molecule has 0 saturated carbocycles. The second-order valence-corrected chi connectivity index (χ2v) is 8.93. The van der Waals surface area contributed by atoms with Crippen molar-refractivity contribution in [3.05, 3.63) is 65.9 Å². The molecular formula is C21H20N4OS2. The average Bonchev–Trinajstić information content (AvgIpc) is 3.33. The Labute approximate surface area is 171 Å². The van der Waals surface area contributed by atoms with Crippen LogP contribution in [0.3, 0.4) is 0 Å². The third-order valence-corrected chi connectivity index (χ3v) is 6.42. The van der Waals surface area contributed by atoms with Crippen molar-refractivity contribution in [2.45, 2.75) is 24.1 Å². The number of benzene rings is 2. The maximum Gasteiger partial charge on any atom is 0.210 e. The molecule has 0 aliphatic heterocycles. The number of nitrogens with zero attached hydrogens (tertiary/aromatic N) is 2. The summed E-state index contributed by atoms with van der Waals surface area (Å²) in [6.07, 6.45) is 1.78. The number of nitrogens with one attached hydrogen (secondary N) is 2. The molecule has 7 heteroatoms. The fourth-order valence-electron chi connectivity index (χ4n) is 2.90. The summed E-state index contributed by atoms with van der Waals surface area (Å²) in [5.41, 5.74) is 3.97. The summed E-state index contributed by atoms with van der Waals surface area (Å²) in [7, 11) is 0. The summed E-state index contributed by atoms with van der Waals surface area (Å²) in [6, 6.07) is 16.1. The molecule has 0 aliphatic carbocycles. The number of ketones is 1. The maximum atomic E-state index is 12.6. The SMILES string of the molecule is CC(C)c1ccc(Nc2nnc(SCC(=O)c3c[nH]c4ccccc34)s2)cc1. The van der Waals surface area contributed by atoms with Gasteiger partial charge in [-0.3, -0.25) is 4.79 Å². The minimum Gasteiger partial charge on any atom is -0.360 e. The van der Waals surface area contributed by atoms with E-state index in [-0.39, 0.29) is 5.78 Å². The molecule has 2 aromatic carbocycles. The first kappa shape index (κ1) is 18.7. The van der Waals surface area contributed by atoms with Gasteiger partial charge >= 0.3 is 0 Å². The Hall–Kier alpha value is -2.64. The number of anilines is 2. The van der Waals surface area contributed by atoms with Gasteiger partial charge in [0.1, 0.15) is 0 Å². The highest BCUT2D eigenvalue weighted by molar-refractivity contribution is 8.01. The normalized spacial score (nSPS) is 11.2. The van der Waals surface area contributed by atoms with Gasteiger partial charge in [0.05, 0.1) is 5.75 Å². The Bertz CT molecular complexity index is 1100.